The standard InChI is InChI=1S/C15H16FN3S/c1-19(10-8-11-5-2-3-9-18-11)13-7-4-6-12(16)14(13)15(17)20/h2-7,9H,8,10H2,1H3,(H2,17,20). The van der Waals surface area contributed by atoms with Crippen LogP contribution in [0.4, 0.5) is 10.1 Å². The summed E-state index contributed by atoms with van der Waals surface area (Å²) < 4.78 is 13.8. The van der Waals surface area contributed by atoms with Crippen LogP contribution in [0.3, 0.4) is 0 Å². The van der Waals surface area contributed by atoms with E-state index in [0.717, 1.165) is 12.1 Å². The Balaban J connectivity index is 2.15. The second-order valence-corrected chi connectivity index (χ2v) is 4.93. The van der Waals surface area contributed by atoms with Gasteiger partial charge in [0.25, 0.3) is 0 Å². The normalized spacial score (nSPS) is 10.3. The summed E-state index contributed by atoms with van der Waals surface area (Å²) in [5.41, 5.74) is 7.61. The number of aromatic nitrogens is 1. The summed E-state index contributed by atoms with van der Waals surface area (Å²) in [6, 6.07) is 10.6. The van der Waals surface area contributed by atoms with Crippen LogP contribution in [-0.2, 0) is 6.42 Å². The summed E-state index contributed by atoms with van der Waals surface area (Å²) in [4.78, 5) is 6.28. The van der Waals surface area contributed by atoms with Crippen LogP contribution in [0.1, 0.15) is 11.3 Å². The highest BCUT2D eigenvalue weighted by atomic mass is 32.1. The zero-order valence-electron chi connectivity index (χ0n) is 11.2. The molecule has 0 saturated carbocycles. The number of pyridine rings is 1. The number of halogens is 1. The zero-order chi connectivity index (χ0) is 14.5. The number of hydrogen-bond acceptors (Lipinski definition) is 3. The van der Waals surface area contributed by atoms with E-state index in [1.807, 2.05) is 36.2 Å². The van der Waals surface area contributed by atoms with E-state index in [4.69, 9.17) is 18.0 Å². The van der Waals surface area contributed by atoms with E-state index in [-0.39, 0.29) is 10.8 Å². The van der Waals surface area contributed by atoms with Gasteiger partial charge in [-0.25, -0.2) is 4.39 Å². The van der Waals surface area contributed by atoms with Gasteiger partial charge >= 0.3 is 0 Å². The second-order valence-electron chi connectivity index (χ2n) is 4.49. The van der Waals surface area contributed by atoms with Crippen molar-refractivity contribution >= 4 is 22.9 Å². The maximum atomic E-state index is 13.8. The number of anilines is 1. The molecular weight excluding hydrogens is 273 g/mol. The van der Waals surface area contributed by atoms with Gasteiger partial charge in [-0.2, -0.15) is 0 Å². The van der Waals surface area contributed by atoms with Crippen LogP contribution in [0.5, 0.6) is 0 Å². The Morgan fingerprint density at radius 3 is 2.75 bits per heavy atom. The van der Waals surface area contributed by atoms with Gasteiger partial charge in [-0.15, -0.1) is 0 Å². The Kier molecular flexibility index (Phi) is 4.63. The molecule has 3 nitrogen and oxygen atoms in total. The summed E-state index contributed by atoms with van der Waals surface area (Å²) in [6.45, 7) is 0.704. The van der Waals surface area contributed by atoms with Crippen molar-refractivity contribution in [3.8, 4) is 0 Å². The SMILES string of the molecule is CN(CCc1ccccn1)c1cccc(F)c1C(N)=S. The molecule has 1 aromatic heterocycles. The van der Waals surface area contributed by atoms with Crippen LogP contribution < -0.4 is 10.6 Å². The highest BCUT2D eigenvalue weighted by Crippen LogP contribution is 2.22. The molecule has 2 rings (SSSR count). The minimum absolute atomic E-state index is 0.0720. The molecule has 2 N–H and O–H groups in total. The van der Waals surface area contributed by atoms with Crippen LogP contribution in [0, 0.1) is 5.82 Å². The minimum Gasteiger partial charge on any atom is -0.389 e. The minimum atomic E-state index is -0.389. The maximum absolute atomic E-state index is 13.8. The lowest BCUT2D eigenvalue weighted by molar-refractivity contribution is 0.624. The Bertz CT molecular complexity index is 601. The molecule has 104 valence electrons. The lowest BCUT2D eigenvalue weighted by Gasteiger charge is -2.22. The Labute approximate surface area is 123 Å². The number of hydrogen-bond donors (Lipinski definition) is 1. The zero-order valence-corrected chi connectivity index (χ0v) is 12.0. The third-order valence-electron chi connectivity index (χ3n) is 3.08. The van der Waals surface area contributed by atoms with Gasteiger partial charge in [-0.05, 0) is 24.3 Å². The highest BCUT2D eigenvalue weighted by molar-refractivity contribution is 7.80. The van der Waals surface area contributed by atoms with Gasteiger partial charge in [-0.1, -0.05) is 24.4 Å². The van der Waals surface area contributed by atoms with Crippen molar-refractivity contribution in [1.82, 2.24) is 4.98 Å². The summed E-state index contributed by atoms with van der Waals surface area (Å²) >= 11 is 4.93. The highest BCUT2D eigenvalue weighted by Gasteiger charge is 2.14. The monoisotopic (exact) mass is 289 g/mol. The van der Waals surface area contributed by atoms with E-state index < -0.39 is 0 Å². The second kappa shape index (κ2) is 6.43. The molecule has 0 radical (unpaired) electrons. The van der Waals surface area contributed by atoms with E-state index in [1.54, 1.807) is 12.3 Å². The molecule has 0 atom stereocenters. The first kappa shape index (κ1) is 14.4. The van der Waals surface area contributed by atoms with E-state index >= 15 is 0 Å². The molecule has 0 aliphatic rings. The number of nitrogens with zero attached hydrogens (tertiary/aromatic N) is 2. The average molecular weight is 289 g/mol. The van der Waals surface area contributed by atoms with Gasteiger partial charge < -0.3 is 10.6 Å². The number of likely N-dealkylation sites (N-methyl/N-ethyl adjacent to an activating group) is 1. The molecule has 0 aliphatic carbocycles. The third-order valence-corrected chi connectivity index (χ3v) is 3.28. The van der Waals surface area contributed by atoms with E-state index in [1.165, 1.54) is 6.07 Å². The van der Waals surface area contributed by atoms with Crippen LogP contribution in [0.2, 0.25) is 0 Å². The first-order valence-electron chi connectivity index (χ1n) is 6.29. The Morgan fingerprint density at radius 2 is 2.10 bits per heavy atom. The van der Waals surface area contributed by atoms with Crippen molar-refractivity contribution in [3.63, 3.8) is 0 Å². The first-order valence-corrected chi connectivity index (χ1v) is 6.70. The molecular formula is C15H16FN3S. The van der Waals surface area contributed by atoms with Crippen molar-refractivity contribution in [2.24, 2.45) is 5.73 Å². The van der Waals surface area contributed by atoms with Crippen molar-refractivity contribution in [2.45, 2.75) is 6.42 Å². The molecule has 1 aromatic carbocycles. The predicted octanol–water partition coefficient (Wildman–Crippen LogP) is 2.53. The van der Waals surface area contributed by atoms with Gasteiger partial charge in [0.2, 0.25) is 0 Å². The van der Waals surface area contributed by atoms with Crippen molar-refractivity contribution in [1.29, 1.82) is 0 Å². The molecule has 2 aromatic rings. The number of rotatable bonds is 5. The van der Waals surface area contributed by atoms with E-state index in [0.29, 0.717) is 17.8 Å². The summed E-state index contributed by atoms with van der Waals surface area (Å²) in [7, 11) is 1.89. The molecule has 0 amide bonds. The van der Waals surface area contributed by atoms with E-state index in [9.17, 15) is 4.39 Å². The lowest BCUT2D eigenvalue weighted by Crippen LogP contribution is -2.25. The lowest BCUT2D eigenvalue weighted by atomic mass is 10.1. The number of thiocarbonyl (C=S) groups is 1. The molecule has 20 heavy (non-hydrogen) atoms. The average Bonchev–Trinajstić information content (AvgIpc) is 2.45. The fourth-order valence-electron chi connectivity index (χ4n) is 2.02. The fourth-order valence-corrected chi connectivity index (χ4v) is 2.23. The topological polar surface area (TPSA) is 42.2 Å². The number of benzene rings is 1. The van der Waals surface area contributed by atoms with Crippen molar-refractivity contribution < 1.29 is 4.39 Å². The van der Waals surface area contributed by atoms with Crippen LogP contribution in [0.25, 0.3) is 0 Å². The van der Waals surface area contributed by atoms with Crippen LogP contribution in [-0.4, -0.2) is 23.6 Å². The van der Waals surface area contributed by atoms with E-state index in [2.05, 4.69) is 4.98 Å². The molecule has 0 saturated heterocycles. The van der Waals surface area contributed by atoms with Gasteiger partial charge in [-0.3, -0.25) is 4.98 Å². The van der Waals surface area contributed by atoms with Gasteiger partial charge in [0.15, 0.2) is 0 Å². The van der Waals surface area contributed by atoms with Crippen molar-refractivity contribution in [3.05, 3.63) is 59.7 Å². The summed E-state index contributed by atoms with van der Waals surface area (Å²) in [5.74, 6) is -0.389. The number of nitrogens with two attached hydrogens (primary N) is 1. The molecule has 0 aliphatic heterocycles. The molecule has 1 heterocycles. The fraction of sp³-hybridized carbons (Fsp3) is 0.200. The maximum Gasteiger partial charge on any atom is 0.135 e. The largest absolute Gasteiger partial charge is 0.389 e. The Hall–Kier alpha value is -2.01. The Morgan fingerprint density at radius 1 is 1.30 bits per heavy atom. The van der Waals surface area contributed by atoms with Gasteiger partial charge in [0.1, 0.15) is 10.8 Å². The predicted molar refractivity (Wildman–Crippen MR) is 83.5 cm³/mol. The molecule has 0 bridgehead atoms. The quantitative estimate of drug-likeness (QED) is 0.859. The van der Waals surface area contributed by atoms with Crippen LogP contribution >= 0.6 is 12.2 Å². The molecule has 0 unspecified atom stereocenters. The summed E-state index contributed by atoms with van der Waals surface area (Å²) in [5, 5.41) is 0. The molecule has 0 spiro atoms. The van der Waals surface area contributed by atoms with Gasteiger partial charge in [0.05, 0.1) is 5.56 Å². The molecule has 5 heteroatoms. The summed E-state index contributed by atoms with van der Waals surface area (Å²) in [6.07, 6.45) is 2.53. The van der Waals surface area contributed by atoms with Crippen LogP contribution in [0.15, 0.2) is 42.6 Å². The molecule has 0 fully saturated rings. The third kappa shape index (κ3) is 3.30. The first-order chi connectivity index (χ1) is 9.59. The van der Waals surface area contributed by atoms with Crippen molar-refractivity contribution in [2.75, 3.05) is 18.5 Å². The smallest absolute Gasteiger partial charge is 0.135 e. The van der Waals surface area contributed by atoms with Gasteiger partial charge in [0, 0.05) is 37.6 Å².